The van der Waals surface area contributed by atoms with Crippen molar-refractivity contribution in [3.05, 3.63) is 23.3 Å². The zero-order chi connectivity index (χ0) is 18.3. The molecule has 4 N–H and O–H groups in total. The van der Waals surface area contributed by atoms with Gasteiger partial charge in [-0.2, -0.15) is 9.36 Å². The molecule has 0 aromatic carbocycles. The van der Waals surface area contributed by atoms with E-state index in [2.05, 4.69) is 10.3 Å². The summed E-state index contributed by atoms with van der Waals surface area (Å²) in [5.41, 5.74) is 0.120. The first-order valence-corrected chi connectivity index (χ1v) is 8.99. The van der Waals surface area contributed by atoms with E-state index >= 15 is 0 Å². The standard InChI is InChI=1S/C15H22N4O5S/c1-7-11(10(8(2)20)14(21)22)17-12(15(23)24)13(7)25-9-3-18-5-16-6-19(18)4-9/h5-11,15,17,20,23H,3-4H2,1-2H3,(H,21,22)/t7-,8-,10-,11-,15?/m1/s1. The number of thioether (sulfide) groups is 1. The molecule has 9 nitrogen and oxygen atoms in total. The van der Waals surface area contributed by atoms with Gasteiger partial charge in [-0.25, -0.2) is 0 Å². The fourth-order valence-corrected chi connectivity index (χ4v) is 5.02. The van der Waals surface area contributed by atoms with Crippen LogP contribution in [0.4, 0.5) is 0 Å². The average Bonchev–Trinajstić information content (AvgIpc) is 3.15. The number of nitrogens with zero attached hydrogens (tertiary/aromatic N) is 3. The molecule has 1 unspecified atom stereocenters. The summed E-state index contributed by atoms with van der Waals surface area (Å²) in [5, 5.41) is 43.6. The number of hydrogen-bond acceptors (Lipinski definition) is 7. The van der Waals surface area contributed by atoms with E-state index in [0.29, 0.717) is 18.0 Å². The second kappa shape index (κ2) is 6.94. The fraction of sp³-hybridized carbons (Fsp3) is 0.667. The predicted octanol–water partition coefficient (Wildman–Crippen LogP) is -2.13. The minimum Gasteiger partial charge on any atom is -0.827 e. The lowest BCUT2D eigenvalue weighted by molar-refractivity contribution is -0.758. The number of rotatable bonds is 6. The SMILES string of the molecule is C[C@@H](O)[C@@H](C(=O)O)[C@@H]1NC(C([O-])O)=C(SC2Cn3cnc[n+]3C2)[C@@H]1C. The van der Waals surface area contributed by atoms with E-state index < -0.39 is 30.3 Å². The molecule has 0 spiro atoms. The van der Waals surface area contributed by atoms with Crippen molar-refractivity contribution in [2.24, 2.45) is 11.8 Å². The summed E-state index contributed by atoms with van der Waals surface area (Å²) in [4.78, 5) is 16.3. The average molecular weight is 370 g/mol. The summed E-state index contributed by atoms with van der Waals surface area (Å²) in [7, 11) is 0. The molecule has 1 aromatic heterocycles. The zero-order valence-electron chi connectivity index (χ0n) is 13.9. The Labute approximate surface area is 149 Å². The first-order chi connectivity index (χ1) is 11.8. The number of aliphatic carboxylic acids is 1. The molecule has 138 valence electrons. The number of fused-ring (bicyclic) bond motifs is 1. The van der Waals surface area contributed by atoms with E-state index in [1.54, 1.807) is 12.7 Å². The first-order valence-electron chi connectivity index (χ1n) is 8.11. The van der Waals surface area contributed by atoms with E-state index in [1.807, 2.05) is 16.3 Å². The lowest BCUT2D eigenvalue weighted by Gasteiger charge is -2.28. The number of aliphatic hydroxyl groups excluding tert-OH is 2. The highest BCUT2D eigenvalue weighted by molar-refractivity contribution is 8.03. The maximum atomic E-state index is 11.7. The van der Waals surface area contributed by atoms with Gasteiger partial charge in [-0.15, -0.1) is 11.8 Å². The second-order valence-corrected chi connectivity index (χ2v) is 7.90. The van der Waals surface area contributed by atoms with Gasteiger partial charge in [0, 0.05) is 28.9 Å². The van der Waals surface area contributed by atoms with Crippen LogP contribution in [0, 0.1) is 11.8 Å². The van der Waals surface area contributed by atoms with E-state index in [0.717, 1.165) is 0 Å². The molecule has 5 atom stereocenters. The number of nitrogens with one attached hydrogen (secondary N) is 1. The van der Waals surface area contributed by atoms with Crippen LogP contribution in [-0.2, 0) is 17.9 Å². The van der Waals surface area contributed by atoms with Crippen LogP contribution in [-0.4, -0.2) is 54.6 Å². The van der Waals surface area contributed by atoms with Crippen molar-refractivity contribution in [2.75, 3.05) is 0 Å². The van der Waals surface area contributed by atoms with Gasteiger partial charge in [-0.3, -0.25) is 4.79 Å². The van der Waals surface area contributed by atoms with Crippen LogP contribution in [0.2, 0.25) is 0 Å². The lowest BCUT2D eigenvalue weighted by Crippen LogP contribution is -2.47. The molecule has 2 aliphatic heterocycles. The Morgan fingerprint density at radius 2 is 2.28 bits per heavy atom. The van der Waals surface area contributed by atoms with Gasteiger partial charge in [-0.1, -0.05) is 6.92 Å². The maximum Gasteiger partial charge on any atom is 0.311 e. The second-order valence-electron chi connectivity index (χ2n) is 6.56. The Morgan fingerprint density at radius 3 is 2.84 bits per heavy atom. The predicted molar refractivity (Wildman–Crippen MR) is 85.7 cm³/mol. The summed E-state index contributed by atoms with van der Waals surface area (Å²) in [6.07, 6.45) is 0.408. The van der Waals surface area contributed by atoms with Gasteiger partial charge in [0.1, 0.15) is 12.5 Å². The zero-order valence-corrected chi connectivity index (χ0v) is 14.8. The van der Waals surface area contributed by atoms with Crippen molar-refractivity contribution in [1.82, 2.24) is 15.0 Å². The molecule has 3 rings (SSSR count). The first kappa shape index (κ1) is 18.2. The van der Waals surface area contributed by atoms with Crippen molar-refractivity contribution >= 4 is 17.7 Å². The molecule has 10 heteroatoms. The van der Waals surface area contributed by atoms with Gasteiger partial charge in [0.15, 0.2) is 0 Å². The molecule has 0 radical (unpaired) electrons. The van der Waals surface area contributed by atoms with E-state index in [-0.39, 0.29) is 16.9 Å². The minimum absolute atomic E-state index is 0.120. The van der Waals surface area contributed by atoms with E-state index in [4.69, 9.17) is 0 Å². The fourth-order valence-electron chi connectivity index (χ4n) is 3.56. The number of hydrogen-bond donors (Lipinski definition) is 4. The van der Waals surface area contributed by atoms with Gasteiger partial charge >= 0.3 is 12.3 Å². The van der Waals surface area contributed by atoms with Crippen molar-refractivity contribution in [3.63, 3.8) is 0 Å². The molecule has 0 amide bonds. The normalized spacial score (nSPS) is 29.2. The Morgan fingerprint density at radius 1 is 1.56 bits per heavy atom. The van der Waals surface area contributed by atoms with Gasteiger partial charge in [0.05, 0.1) is 17.9 Å². The third-order valence-electron chi connectivity index (χ3n) is 4.78. The number of carboxylic acids is 1. The van der Waals surface area contributed by atoms with Gasteiger partial charge in [0.2, 0.25) is 6.33 Å². The third kappa shape index (κ3) is 3.39. The van der Waals surface area contributed by atoms with Crippen LogP contribution in [0.3, 0.4) is 0 Å². The molecule has 1 aromatic rings. The highest BCUT2D eigenvalue weighted by Gasteiger charge is 2.43. The molecule has 25 heavy (non-hydrogen) atoms. The van der Waals surface area contributed by atoms with Crippen LogP contribution < -0.4 is 15.1 Å². The molecular weight excluding hydrogens is 348 g/mol. The number of carboxylic acid groups (broad SMARTS) is 1. The van der Waals surface area contributed by atoms with Gasteiger partial charge < -0.3 is 25.7 Å². The van der Waals surface area contributed by atoms with Crippen molar-refractivity contribution in [2.45, 2.75) is 50.6 Å². The Balaban J connectivity index is 1.79. The molecule has 0 bridgehead atoms. The molecule has 0 aliphatic carbocycles. The molecule has 0 saturated carbocycles. The Kier molecular flexibility index (Phi) is 5.05. The van der Waals surface area contributed by atoms with Crippen molar-refractivity contribution in [1.29, 1.82) is 0 Å². The summed E-state index contributed by atoms with van der Waals surface area (Å²) >= 11 is 1.48. The highest BCUT2D eigenvalue weighted by Crippen LogP contribution is 2.41. The minimum atomic E-state index is -1.96. The molecule has 0 saturated heterocycles. The van der Waals surface area contributed by atoms with Crippen molar-refractivity contribution in [3.8, 4) is 0 Å². The third-order valence-corrected chi connectivity index (χ3v) is 6.26. The molecule has 3 heterocycles. The van der Waals surface area contributed by atoms with Crippen LogP contribution >= 0.6 is 11.8 Å². The summed E-state index contributed by atoms with van der Waals surface area (Å²) in [6, 6.07) is -0.645. The van der Waals surface area contributed by atoms with Crippen LogP contribution in [0.25, 0.3) is 0 Å². The molecule has 2 aliphatic rings. The van der Waals surface area contributed by atoms with Crippen molar-refractivity contribution < 1.29 is 29.9 Å². The van der Waals surface area contributed by atoms with Gasteiger partial charge in [0.25, 0.3) is 0 Å². The largest absolute Gasteiger partial charge is 0.827 e. The van der Waals surface area contributed by atoms with E-state index in [1.165, 1.54) is 18.7 Å². The monoisotopic (exact) mass is 370 g/mol. The quantitative estimate of drug-likeness (QED) is 0.329. The van der Waals surface area contributed by atoms with Crippen LogP contribution in [0.15, 0.2) is 23.3 Å². The topological polar surface area (TPSA) is 135 Å². The molecular formula is C15H22N4O5S. The Bertz CT molecular complexity index is 669. The lowest BCUT2D eigenvalue weighted by atomic mass is 9.87. The van der Waals surface area contributed by atoms with Gasteiger partial charge in [-0.05, 0) is 11.9 Å². The van der Waals surface area contributed by atoms with E-state index in [9.17, 15) is 25.2 Å². The number of aromatic nitrogens is 3. The number of carbonyl (C=O) groups is 1. The highest BCUT2D eigenvalue weighted by atomic mass is 32.2. The summed E-state index contributed by atoms with van der Waals surface area (Å²) in [6.45, 7) is 4.66. The van der Waals surface area contributed by atoms with Crippen LogP contribution in [0.1, 0.15) is 13.8 Å². The molecule has 0 fully saturated rings. The maximum absolute atomic E-state index is 11.7. The summed E-state index contributed by atoms with van der Waals surface area (Å²) < 4.78 is 3.93. The summed E-state index contributed by atoms with van der Waals surface area (Å²) in [5.74, 6) is -2.51. The van der Waals surface area contributed by atoms with Crippen LogP contribution in [0.5, 0.6) is 0 Å². The Hall–Kier alpha value is -1.62. The smallest absolute Gasteiger partial charge is 0.311 e. The number of aliphatic hydroxyl groups is 2.